The van der Waals surface area contributed by atoms with Crippen LogP contribution in [0.15, 0.2) is 38.8 Å². The van der Waals surface area contributed by atoms with Gasteiger partial charge in [-0.15, -0.1) is 0 Å². The molecule has 2 aromatic heterocycles. The van der Waals surface area contributed by atoms with Crippen molar-refractivity contribution in [2.24, 2.45) is 7.05 Å². The van der Waals surface area contributed by atoms with E-state index >= 15 is 0 Å². The highest BCUT2D eigenvalue weighted by Gasteiger charge is 2.35. The first-order chi connectivity index (χ1) is 12.1. The van der Waals surface area contributed by atoms with Crippen LogP contribution in [0.4, 0.5) is 17.6 Å². The van der Waals surface area contributed by atoms with Gasteiger partial charge in [0.05, 0.1) is 5.02 Å². The van der Waals surface area contributed by atoms with Crippen LogP contribution in [0.5, 0.6) is 0 Å². The number of hydrogen-bond donors (Lipinski definition) is 0. The number of hydrogen-bond acceptors (Lipinski definition) is 3. The summed E-state index contributed by atoms with van der Waals surface area (Å²) in [6.07, 6.45) is -3.65. The standard InChI is InChI=1S/C16H9ClF4N2O3/c1-3-7-4-8-9(17)5-10(18)13(14(8)26-7)23-12(24)6-11(16(19,20)21)22(2)15(23)25/h3-6H,1H2,2H3. The topological polar surface area (TPSA) is 57.1 Å². The molecule has 0 unspecified atom stereocenters. The zero-order chi connectivity index (χ0) is 19.4. The molecule has 5 nitrogen and oxygen atoms in total. The van der Waals surface area contributed by atoms with Crippen LogP contribution in [0, 0.1) is 5.82 Å². The predicted molar refractivity (Wildman–Crippen MR) is 87.1 cm³/mol. The quantitative estimate of drug-likeness (QED) is 0.628. The van der Waals surface area contributed by atoms with Gasteiger partial charge in [-0.1, -0.05) is 18.2 Å². The molecule has 0 fully saturated rings. The first kappa shape index (κ1) is 18.0. The summed E-state index contributed by atoms with van der Waals surface area (Å²) in [6, 6.07) is 2.44. The van der Waals surface area contributed by atoms with Crippen LogP contribution in [-0.4, -0.2) is 9.13 Å². The highest BCUT2D eigenvalue weighted by Crippen LogP contribution is 2.34. The van der Waals surface area contributed by atoms with Gasteiger partial charge in [-0.05, 0) is 18.2 Å². The minimum absolute atomic E-state index is 0.0603. The summed E-state index contributed by atoms with van der Waals surface area (Å²) in [5.74, 6) is -0.933. The molecule has 2 heterocycles. The first-order valence-corrected chi connectivity index (χ1v) is 7.38. The van der Waals surface area contributed by atoms with Crippen molar-refractivity contribution < 1.29 is 22.0 Å². The van der Waals surface area contributed by atoms with Gasteiger partial charge in [-0.3, -0.25) is 9.36 Å². The second-order valence-corrected chi connectivity index (χ2v) is 5.73. The van der Waals surface area contributed by atoms with Gasteiger partial charge < -0.3 is 4.42 Å². The Labute approximate surface area is 147 Å². The van der Waals surface area contributed by atoms with E-state index in [1.165, 1.54) is 12.1 Å². The van der Waals surface area contributed by atoms with Crippen LogP contribution in [-0.2, 0) is 13.2 Å². The van der Waals surface area contributed by atoms with Gasteiger partial charge in [0.15, 0.2) is 11.4 Å². The molecule has 0 N–H and O–H groups in total. The van der Waals surface area contributed by atoms with Crippen LogP contribution >= 0.6 is 11.6 Å². The normalized spacial score (nSPS) is 11.9. The highest BCUT2D eigenvalue weighted by molar-refractivity contribution is 6.35. The zero-order valence-electron chi connectivity index (χ0n) is 13.0. The fraction of sp³-hybridized carbons (Fsp3) is 0.125. The van der Waals surface area contributed by atoms with Crippen LogP contribution in [0.3, 0.4) is 0 Å². The maximum atomic E-state index is 14.5. The maximum absolute atomic E-state index is 14.5. The number of fused-ring (bicyclic) bond motifs is 1. The van der Waals surface area contributed by atoms with E-state index in [4.69, 9.17) is 16.0 Å². The molecular formula is C16H9ClF4N2O3. The molecule has 0 aliphatic carbocycles. The number of alkyl halides is 3. The van der Waals surface area contributed by atoms with Crippen molar-refractivity contribution in [2.75, 3.05) is 0 Å². The highest BCUT2D eigenvalue weighted by atomic mass is 35.5. The average molecular weight is 389 g/mol. The molecule has 0 aliphatic rings. The summed E-state index contributed by atoms with van der Waals surface area (Å²) in [7, 11) is 0.823. The zero-order valence-corrected chi connectivity index (χ0v) is 13.8. The number of furan rings is 1. The number of aromatic nitrogens is 2. The molecule has 3 rings (SSSR count). The third-order valence-corrected chi connectivity index (χ3v) is 4.05. The van der Waals surface area contributed by atoms with E-state index in [2.05, 4.69) is 6.58 Å². The van der Waals surface area contributed by atoms with Crippen LogP contribution in [0.1, 0.15) is 11.5 Å². The monoisotopic (exact) mass is 388 g/mol. The Bertz CT molecular complexity index is 1170. The third kappa shape index (κ3) is 2.64. The molecule has 1 aromatic carbocycles. The van der Waals surface area contributed by atoms with Gasteiger partial charge in [-0.25, -0.2) is 13.8 Å². The second-order valence-electron chi connectivity index (χ2n) is 5.33. The number of nitrogens with zero attached hydrogens (tertiary/aromatic N) is 2. The van der Waals surface area contributed by atoms with Crippen LogP contribution in [0.25, 0.3) is 22.7 Å². The Morgan fingerprint density at radius 1 is 1.23 bits per heavy atom. The molecular weight excluding hydrogens is 380 g/mol. The second kappa shape index (κ2) is 5.87. The number of halogens is 5. The average Bonchev–Trinajstić information content (AvgIpc) is 2.97. The molecule has 0 atom stereocenters. The largest absolute Gasteiger partial charge is 0.454 e. The lowest BCUT2D eigenvalue weighted by Crippen LogP contribution is -2.41. The number of benzene rings is 1. The van der Waals surface area contributed by atoms with Crippen molar-refractivity contribution >= 4 is 28.6 Å². The van der Waals surface area contributed by atoms with Crippen molar-refractivity contribution in [3.8, 4) is 5.69 Å². The summed E-state index contributed by atoms with van der Waals surface area (Å²) in [6.45, 7) is 3.48. The van der Waals surface area contributed by atoms with Crippen LogP contribution in [0.2, 0.25) is 5.02 Å². The Morgan fingerprint density at radius 2 is 1.88 bits per heavy atom. The van der Waals surface area contributed by atoms with E-state index in [0.717, 1.165) is 13.1 Å². The third-order valence-electron chi connectivity index (χ3n) is 3.74. The molecule has 0 bridgehead atoms. The Hall–Kier alpha value is -2.81. The lowest BCUT2D eigenvalue weighted by Gasteiger charge is -2.14. The minimum atomic E-state index is -4.93. The molecule has 3 aromatic rings. The summed E-state index contributed by atoms with van der Waals surface area (Å²) in [4.78, 5) is 24.6. The summed E-state index contributed by atoms with van der Waals surface area (Å²) >= 11 is 5.93. The SMILES string of the molecule is C=Cc1cc2c(Cl)cc(F)c(-n3c(=O)cc(C(F)(F)F)n(C)c3=O)c2o1. The minimum Gasteiger partial charge on any atom is -0.454 e. The lowest BCUT2D eigenvalue weighted by molar-refractivity contribution is -0.144. The van der Waals surface area contributed by atoms with Gasteiger partial charge in [-0.2, -0.15) is 13.2 Å². The predicted octanol–water partition coefficient (Wildman–Crippen LogP) is 3.74. The van der Waals surface area contributed by atoms with Gasteiger partial charge >= 0.3 is 11.9 Å². The summed E-state index contributed by atoms with van der Waals surface area (Å²) in [5.41, 5.74) is -5.09. The fourth-order valence-electron chi connectivity index (χ4n) is 2.54. The van der Waals surface area contributed by atoms with E-state index in [-0.39, 0.29) is 37.0 Å². The Morgan fingerprint density at radius 3 is 2.46 bits per heavy atom. The molecule has 0 saturated heterocycles. The van der Waals surface area contributed by atoms with Crippen molar-refractivity contribution in [2.45, 2.75) is 6.18 Å². The molecule has 0 spiro atoms. The van der Waals surface area contributed by atoms with E-state index in [0.29, 0.717) is 0 Å². The van der Waals surface area contributed by atoms with E-state index in [1.807, 2.05) is 0 Å². The lowest BCUT2D eigenvalue weighted by atomic mass is 10.2. The molecule has 136 valence electrons. The van der Waals surface area contributed by atoms with Gasteiger partial charge in [0, 0.05) is 18.5 Å². The maximum Gasteiger partial charge on any atom is 0.431 e. The van der Waals surface area contributed by atoms with E-state index < -0.39 is 34.6 Å². The van der Waals surface area contributed by atoms with E-state index in [9.17, 15) is 27.2 Å². The Kier molecular flexibility index (Phi) is 4.06. The molecule has 0 aliphatic heterocycles. The van der Waals surface area contributed by atoms with Crippen molar-refractivity contribution in [1.82, 2.24) is 9.13 Å². The molecule has 0 saturated carbocycles. The first-order valence-electron chi connectivity index (χ1n) is 7.01. The van der Waals surface area contributed by atoms with Gasteiger partial charge in [0.25, 0.3) is 5.56 Å². The Balaban J connectivity index is 2.48. The summed E-state index contributed by atoms with van der Waals surface area (Å²) in [5, 5.41) is 0.113. The molecule has 10 heteroatoms. The molecule has 0 amide bonds. The van der Waals surface area contributed by atoms with Crippen molar-refractivity contribution in [1.29, 1.82) is 0 Å². The summed E-state index contributed by atoms with van der Waals surface area (Å²) < 4.78 is 59.2. The van der Waals surface area contributed by atoms with Crippen LogP contribution < -0.4 is 11.2 Å². The van der Waals surface area contributed by atoms with E-state index in [1.54, 1.807) is 0 Å². The van der Waals surface area contributed by atoms with Gasteiger partial charge in [0.2, 0.25) is 0 Å². The van der Waals surface area contributed by atoms with Gasteiger partial charge in [0.1, 0.15) is 17.1 Å². The molecule has 0 radical (unpaired) electrons. The molecule has 26 heavy (non-hydrogen) atoms. The number of rotatable bonds is 2. The fourth-order valence-corrected chi connectivity index (χ4v) is 2.78. The smallest absolute Gasteiger partial charge is 0.431 e. The van der Waals surface area contributed by atoms with Crippen molar-refractivity contribution in [3.05, 3.63) is 67.9 Å². The van der Waals surface area contributed by atoms with Crippen molar-refractivity contribution in [3.63, 3.8) is 0 Å².